The first kappa shape index (κ1) is 10.2. The summed E-state index contributed by atoms with van der Waals surface area (Å²) < 4.78 is 7.43. The third kappa shape index (κ3) is 1.02. The first-order chi connectivity index (χ1) is 6.37. The van der Waals surface area contributed by atoms with E-state index in [9.17, 15) is 0 Å². The Balaban J connectivity index is 2.04. The second kappa shape index (κ2) is 2.65. The van der Waals surface area contributed by atoms with Gasteiger partial charge in [0, 0.05) is 0 Å². The molecule has 14 heavy (non-hydrogen) atoms. The Kier molecular flexibility index (Phi) is 1.93. The molecule has 0 aromatic heterocycles. The number of halogens is 1. The van der Waals surface area contributed by atoms with E-state index in [4.69, 9.17) is 12.1 Å². The van der Waals surface area contributed by atoms with Gasteiger partial charge >= 0.3 is 94.9 Å². The summed E-state index contributed by atoms with van der Waals surface area (Å²) in [6.07, 6.45) is 4.62. The van der Waals surface area contributed by atoms with Crippen molar-refractivity contribution in [1.29, 1.82) is 0 Å². The predicted octanol–water partition coefficient (Wildman–Crippen LogP) is 3.52. The summed E-state index contributed by atoms with van der Waals surface area (Å²) >= 11 is -2.34. The molecule has 2 bridgehead atoms. The van der Waals surface area contributed by atoms with Crippen LogP contribution in [0.2, 0.25) is 9.44 Å². The summed E-state index contributed by atoms with van der Waals surface area (Å²) in [5.41, 5.74) is 0.978. The van der Waals surface area contributed by atoms with Gasteiger partial charge in [-0.25, -0.2) is 0 Å². The van der Waals surface area contributed by atoms with E-state index in [0.29, 0.717) is 16.9 Å². The van der Waals surface area contributed by atoms with Crippen molar-refractivity contribution in [2.45, 2.75) is 48.7 Å². The van der Waals surface area contributed by atoms with Crippen LogP contribution in [0, 0.1) is 16.7 Å². The molecule has 0 N–H and O–H groups in total. The molecule has 0 amide bonds. The Bertz CT molecular complexity index is 289. The molecule has 82 valence electrons. The first-order valence-electron chi connectivity index (χ1n) is 5.51. The second-order valence-corrected chi connectivity index (χ2v) is 16.9. The van der Waals surface area contributed by atoms with Crippen molar-refractivity contribution in [1.82, 2.24) is 0 Å². The average Bonchev–Trinajstić information content (AvgIpc) is 2.50. The van der Waals surface area contributed by atoms with Gasteiger partial charge in [-0.3, -0.25) is 0 Å². The van der Waals surface area contributed by atoms with Gasteiger partial charge in [-0.2, -0.15) is 0 Å². The van der Waals surface area contributed by atoms with Crippen molar-refractivity contribution in [2.24, 2.45) is 16.7 Å². The van der Waals surface area contributed by atoms with Crippen LogP contribution in [0.4, 0.5) is 0 Å². The van der Waals surface area contributed by atoms with E-state index >= 15 is 0 Å². The zero-order chi connectivity index (χ0) is 10.2. The van der Waals surface area contributed by atoms with E-state index in [2.05, 4.69) is 18.8 Å². The average molecular weight is 330 g/mol. The fourth-order valence-electron chi connectivity index (χ4n) is 4.21. The third-order valence-corrected chi connectivity index (χ3v) is 11.2. The molecule has 4 atom stereocenters. The molecule has 3 aliphatic rings. The molecular weight excluding hydrogens is 311 g/mol. The van der Waals surface area contributed by atoms with E-state index in [1.165, 1.54) is 23.7 Å². The maximum atomic E-state index is 6.55. The Morgan fingerprint density at radius 2 is 2.14 bits per heavy atom. The van der Waals surface area contributed by atoms with Crippen LogP contribution in [0.3, 0.4) is 0 Å². The summed E-state index contributed by atoms with van der Waals surface area (Å²) in [5.74, 6) is 0.906. The van der Waals surface area contributed by atoms with Gasteiger partial charge in [0.05, 0.1) is 0 Å². The number of hydrogen-bond acceptors (Lipinski definition) is 1. The summed E-state index contributed by atoms with van der Waals surface area (Å²) in [7, 11) is 6.55. The number of hydrogen-bond donors (Lipinski definition) is 0. The standard InChI is InChI=1S/C11H19ClOTe/c1-10(2)8-4-5-11(10)7-14(3,12)13-9(11)6-8/h8-9H,4-7H2,1-3H3. The van der Waals surface area contributed by atoms with Gasteiger partial charge < -0.3 is 0 Å². The molecule has 1 spiro atoms. The molecule has 1 nitrogen and oxygen atoms in total. The summed E-state index contributed by atoms with van der Waals surface area (Å²) in [4.78, 5) is 2.22. The maximum absolute atomic E-state index is 6.55. The van der Waals surface area contributed by atoms with Crippen molar-refractivity contribution in [3.05, 3.63) is 0 Å². The minimum absolute atomic E-state index is 0.481. The Labute approximate surface area is 94.6 Å². The molecule has 3 heteroatoms. The molecule has 2 aliphatic carbocycles. The number of fused-ring (bicyclic) bond motifs is 1. The fourth-order valence-corrected chi connectivity index (χ4v) is 13.1. The van der Waals surface area contributed by atoms with Crippen LogP contribution in [0.25, 0.3) is 0 Å². The fraction of sp³-hybridized carbons (Fsp3) is 1.00. The van der Waals surface area contributed by atoms with E-state index in [0.717, 1.165) is 5.92 Å². The molecular formula is C11H19ClOTe. The molecule has 1 saturated heterocycles. The molecule has 1 heterocycles. The van der Waals surface area contributed by atoms with Crippen LogP contribution < -0.4 is 0 Å². The van der Waals surface area contributed by atoms with E-state index in [1.54, 1.807) is 0 Å². The van der Waals surface area contributed by atoms with Crippen molar-refractivity contribution in [3.8, 4) is 0 Å². The molecule has 0 aromatic carbocycles. The SMILES string of the molecule is CC1(C)C2CCC13C[Te](C)(Cl)OC3C2. The summed E-state index contributed by atoms with van der Waals surface area (Å²) in [6, 6.07) is 0. The minimum atomic E-state index is -2.34. The third-order valence-electron chi connectivity index (χ3n) is 5.19. The zero-order valence-corrected chi connectivity index (χ0v) is 12.3. The predicted molar refractivity (Wildman–Crippen MR) is 60.7 cm³/mol. The van der Waals surface area contributed by atoms with Gasteiger partial charge in [0.1, 0.15) is 0 Å². The van der Waals surface area contributed by atoms with Crippen molar-refractivity contribution in [2.75, 3.05) is 0 Å². The Hall–Kier alpha value is 1.04. The molecule has 0 radical (unpaired) electrons. The molecule has 4 unspecified atom stereocenters. The molecule has 0 aromatic rings. The van der Waals surface area contributed by atoms with Crippen LogP contribution in [-0.2, 0) is 3.10 Å². The van der Waals surface area contributed by atoms with E-state index < -0.39 is 17.5 Å². The van der Waals surface area contributed by atoms with Crippen molar-refractivity contribution < 1.29 is 3.10 Å². The molecule has 1 aliphatic heterocycles. The zero-order valence-electron chi connectivity index (χ0n) is 9.18. The Morgan fingerprint density at radius 3 is 2.71 bits per heavy atom. The second-order valence-electron chi connectivity index (χ2n) is 5.98. The molecule has 3 fully saturated rings. The monoisotopic (exact) mass is 332 g/mol. The first-order valence-corrected chi connectivity index (χ1v) is 13.4. The van der Waals surface area contributed by atoms with Gasteiger partial charge in [-0.05, 0) is 0 Å². The van der Waals surface area contributed by atoms with E-state index in [1.807, 2.05) is 0 Å². The van der Waals surface area contributed by atoms with Crippen LogP contribution in [-0.4, -0.2) is 23.6 Å². The van der Waals surface area contributed by atoms with Crippen LogP contribution in [0.5, 0.6) is 0 Å². The van der Waals surface area contributed by atoms with Crippen LogP contribution in [0.15, 0.2) is 0 Å². The van der Waals surface area contributed by atoms with Crippen molar-refractivity contribution >= 4 is 26.4 Å². The summed E-state index contributed by atoms with van der Waals surface area (Å²) in [5, 5.41) is 0. The van der Waals surface area contributed by atoms with Crippen LogP contribution >= 0.6 is 8.96 Å². The molecule has 2 saturated carbocycles. The van der Waals surface area contributed by atoms with Gasteiger partial charge in [-0.1, -0.05) is 0 Å². The van der Waals surface area contributed by atoms with Crippen LogP contribution in [0.1, 0.15) is 33.1 Å². The molecule has 3 rings (SSSR count). The van der Waals surface area contributed by atoms with Gasteiger partial charge in [0.15, 0.2) is 0 Å². The number of rotatable bonds is 0. The Morgan fingerprint density at radius 1 is 1.43 bits per heavy atom. The topological polar surface area (TPSA) is 9.23 Å². The van der Waals surface area contributed by atoms with Gasteiger partial charge in [-0.15, -0.1) is 0 Å². The summed E-state index contributed by atoms with van der Waals surface area (Å²) in [6.45, 7) is 4.91. The van der Waals surface area contributed by atoms with Crippen molar-refractivity contribution in [3.63, 3.8) is 0 Å². The van der Waals surface area contributed by atoms with E-state index in [-0.39, 0.29) is 0 Å². The quantitative estimate of drug-likeness (QED) is 0.618. The normalized spacial score (nSPS) is 63.7. The van der Waals surface area contributed by atoms with Gasteiger partial charge in [0.25, 0.3) is 0 Å². The van der Waals surface area contributed by atoms with Gasteiger partial charge in [0.2, 0.25) is 0 Å².